The van der Waals surface area contributed by atoms with E-state index in [4.69, 9.17) is 13.9 Å². The number of hydrogen-bond acceptors (Lipinski definition) is 11. The van der Waals surface area contributed by atoms with Crippen LogP contribution >= 0.6 is 0 Å². The summed E-state index contributed by atoms with van der Waals surface area (Å²) >= 11 is 0. The Bertz CT molecular complexity index is 1660. The summed E-state index contributed by atoms with van der Waals surface area (Å²) in [5.41, 5.74) is -1.000. The summed E-state index contributed by atoms with van der Waals surface area (Å²) < 4.78 is 10.3. The minimum absolute atomic E-state index is 0. The van der Waals surface area contributed by atoms with Gasteiger partial charge in [-0.2, -0.15) is 0 Å². The number of rotatable bonds is 2. The van der Waals surface area contributed by atoms with E-state index < -0.39 is 35.1 Å². The fraction of sp³-hybridized carbons (Fsp3) is 0.0769. The molecule has 0 radical (unpaired) electrons. The molecule has 4 aromatic rings. The number of furan rings is 2. The number of aromatic carboxylic acids is 2. The van der Waals surface area contributed by atoms with Crippen LogP contribution in [0.3, 0.4) is 0 Å². The maximum Gasteiger partial charge on any atom is 1.00 e. The number of carbonyl (C=O) groups excluding carboxylic acids is 5. The van der Waals surface area contributed by atoms with Crippen molar-refractivity contribution < 1.29 is 78.8 Å². The van der Waals surface area contributed by atoms with Crippen molar-refractivity contribution >= 4 is 35.1 Å². The van der Waals surface area contributed by atoms with Crippen molar-refractivity contribution in [3.8, 4) is 0 Å². The summed E-state index contributed by atoms with van der Waals surface area (Å²) in [5.74, 6) is -5.64. The van der Waals surface area contributed by atoms with Crippen LogP contribution in [0.1, 0.15) is 98.0 Å². The summed E-state index contributed by atoms with van der Waals surface area (Å²) in [7, 11) is 0. The Kier molecular flexibility index (Phi) is 7.04. The Balaban J connectivity index is 0.000000210. The number of ketones is 4. The van der Waals surface area contributed by atoms with Crippen LogP contribution in [-0.4, -0.2) is 50.1 Å². The largest absolute Gasteiger partial charge is 1.00 e. The monoisotopic (exact) mass is 537 g/mol. The van der Waals surface area contributed by atoms with Crippen molar-refractivity contribution in [2.24, 2.45) is 0 Å². The molecule has 0 aromatic carbocycles. The molecule has 2 aliphatic carbocycles. The summed E-state index contributed by atoms with van der Waals surface area (Å²) in [6.45, 7) is 2.77. The zero-order valence-corrected chi connectivity index (χ0v) is 22.5. The van der Waals surface area contributed by atoms with Crippen molar-refractivity contribution in [3.05, 3.63) is 104 Å². The Morgan fingerprint density at radius 2 is 1.18 bits per heavy atom. The second-order valence-corrected chi connectivity index (χ2v) is 8.18. The van der Waals surface area contributed by atoms with Gasteiger partial charge in [0.25, 0.3) is 0 Å². The molecule has 13 heteroatoms. The SMILES string of the molecule is Cc1oc2c(c1C(=O)O)C(=O)c1ncccc1C2=O.Cc1oc2c(c1C(=O)[O-])C(=O)c1ncccc1C2=O.[H-].[Na+]. The van der Waals surface area contributed by atoms with E-state index in [0.717, 1.165) is 0 Å². The maximum atomic E-state index is 12.3. The molecule has 0 atom stereocenters. The Morgan fingerprint density at radius 3 is 1.59 bits per heavy atom. The number of carboxylic acids is 2. The molecule has 2 aliphatic rings. The second kappa shape index (κ2) is 9.98. The first-order valence-electron chi connectivity index (χ1n) is 10.8. The van der Waals surface area contributed by atoms with Gasteiger partial charge in [-0.05, 0) is 38.1 Å². The molecule has 0 amide bonds. The molecule has 0 saturated heterocycles. The number of carbonyl (C=O) groups is 6. The van der Waals surface area contributed by atoms with Gasteiger partial charge in [0.05, 0.1) is 33.8 Å². The van der Waals surface area contributed by atoms with Crippen molar-refractivity contribution in [1.29, 1.82) is 0 Å². The van der Waals surface area contributed by atoms with Gasteiger partial charge in [-0.3, -0.25) is 29.1 Å². The molecule has 0 unspecified atom stereocenters. The molecule has 4 heterocycles. The fourth-order valence-electron chi connectivity index (χ4n) is 4.37. The van der Waals surface area contributed by atoms with Crippen molar-refractivity contribution in [1.82, 2.24) is 9.97 Å². The van der Waals surface area contributed by atoms with Gasteiger partial charge in [-0.1, -0.05) is 0 Å². The molecule has 4 aromatic heterocycles. The van der Waals surface area contributed by atoms with E-state index in [1.165, 1.54) is 50.5 Å². The molecule has 0 saturated carbocycles. The average Bonchev–Trinajstić information content (AvgIpc) is 3.44. The molecule has 6 rings (SSSR count). The smallest absolute Gasteiger partial charge is 1.00 e. The van der Waals surface area contributed by atoms with Gasteiger partial charge in [0, 0.05) is 12.4 Å². The number of fused-ring (bicyclic) bond motifs is 4. The van der Waals surface area contributed by atoms with Gasteiger partial charge in [-0.15, -0.1) is 0 Å². The van der Waals surface area contributed by atoms with E-state index in [1.807, 2.05) is 0 Å². The zero-order valence-electron chi connectivity index (χ0n) is 21.5. The zero-order chi connectivity index (χ0) is 27.5. The van der Waals surface area contributed by atoms with Crippen LogP contribution in [0.4, 0.5) is 0 Å². The van der Waals surface area contributed by atoms with Crippen molar-refractivity contribution in [3.63, 3.8) is 0 Å². The van der Waals surface area contributed by atoms with Gasteiger partial charge in [0.1, 0.15) is 28.5 Å². The Labute approximate surface area is 241 Å². The first-order chi connectivity index (χ1) is 18.0. The summed E-state index contributed by atoms with van der Waals surface area (Å²) in [4.78, 5) is 78.7. The number of aromatic nitrogens is 2. The third-order valence-electron chi connectivity index (χ3n) is 5.99. The van der Waals surface area contributed by atoms with Crippen molar-refractivity contribution in [2.45, 2.75) is 13.8 Å². The van der Waals surface area contributed by atoms with Gasteiger partial charge in [0.2, 0.25) is 23.1 Å². The third kappa shape index (κ3) is 4.14. The van der Waals surface area contributed by atoms with Gasteiger partial charge >= 0.3 is 35.5 Å². The molecule has 39 heavy (non-hydrogen) atoms. The van der Waals surface area contributed by atoms with Gasteiger partial charge < -0.3 is 25.3 Å². The van der Waals surface area contributed by atoms with E-state index in [2.05, 4.69) is 9.97 Å². The molecule has 0 spiro atoms. The predicted molar refractivity (Wildman–Crippen MR) is 121 cm³/mol. The van der Waals surface area contributed by atoms with E-state index in [1.54, 1.807) is 0 Å². The number of pyridine rings is 2. The van der Waals surface area contributed by atoms with Gasteiger partial charge in [0.15, 0.2) is 11.5 Å². The molecule has 12 nitrogen and oxygen atoms in total. The minimum atomic E-state index is -1.55. The van der Waals surface area contributed by atoms with Crippen LogP contribution in [-0.2, 0) is 0 Å². The number of aryl methyl sites for hydroxylation is 2. The number of carboxylic acid groups (broad SMARTS) is 2. The van der Waals surface area contributed by atoms with Crippen LogP contribution in [0.25, 0.3) is 0 Å². The first kappa shape index (κ1) is 27.5. The van der Waals surface area contributed by atoms with E-state index >= 15 is 0 Å². The predicted octanol–water partition coefficient (Wildman–Crippen LogP) is -1.30. The molecule has 0 fully saturated rings. The topological polar surface area (TPSA) is 198 Å². The summed E-state index contributed by atoms with van der Waals surface area (Å²) in [6, 6.07) is 5.96. The Hall–Kier alpha value is -4.52. The molecule has 0 aliphatic heterocycles. The van der Waals surface area contributed by atoms with Crippen LogP contribution in [0.5, 0.6) is 0 Å². The third-order valence-corrected chi connectivity index (χ3v) is 5.99. The summed E-state index contributed by atoms with van der Waals surface area (Å²) in [5, 5.41) is 20.2. The molecular formula is C26H14N2NaO10-. The van der Waals surface area contributed by atoms with E-state index in [0.29, 0.717) is 0 Å². The molecule has 0 bridgehead atoms. The molecule has 190 valence electrons. The number of hydrogen-bond donors (Lipinski definition) is 1. The molecular weight excluding hydrogens is 523 g/mol. The van der Waals surface area contributed by atoms with E-state index in [-0.39, 0.29) is 98.8 Å². The van der Waals surface area contributed by atoms with Crippen LogP contribution in [0.15, 0.2) is 45.5 Å². The first-order valence-corrected chi connectivity index (χ1v) is 10.8. The van der Waals surface area contributed by atoms with Crippen molar-refractivity contribution in [2.75, 3.05) is 0 Å². The van der Waals surface area contributed by atoms with Gasteiger partial charge in [-0.25, -0.2) is 4.79 Å². The minimum Gasteiger partial charge on any atom is -1.00 e. The average molecular weight is 537 g/mol. The second-order valence-electron chi connectivity index (χ2n) is 8.18. The van der Waals surface area contributed by atoms with Crippen LogP contribution in [0, 0.1) is 13.8 Å². The number of nitrogens with zero attached hydrogens (tertiary/aromatic N) is 2. The Morgan fingerprint density at radius 1 is 0.769 bits per heavy atom. The quantitative estimate of drug-likeness (QED) is 0.256. The normalized spacial score (nSPS) is 12.8. The van der Waals surface area contributed by atoms with Crippen LogP contribution in [0.2, 0.25) is 0 Å². The standard InChI is InChI=1S/2C13H7NO5.Na.H/c2*1-5-7(13(17)18)8-11(16)9-6(3-2-4-14-9)10(15)12(8)19-5;;/h2*2-4H,1H3,(H,17,18);;/q;;+1;-1/p-1. The van der Waals surface area contributed by atoms with Crippen LogP contribution < -0.4 is 34.7 Å². The maximum absolute atomic E-state index is 12.3. The van der Waals surface area contributed by atoms with E-state index in [9.17, 15) is 33.9 Å². The summed E-state index contributed by atoms with van der Waals surface area (Å²) in [6.07, 6.45) is 2.74. The molecule has 1 N–H and O–H groups in total. The fourth-order valence-corrected chi connectivity index (χ4v) is 4.37.